The van der Waals surface area contributed by atoms with Gasteiger partial charge in [-0.1, -0.05) is 6.58 Å². The number of amides is 1. The maximum Gasteiger partial charge on any atom is 0.246 e. The van der Waals surface area contributed by atoms with Crippen LogP contribution in [0.2, 0.25) is 0 Å². The van der Waals surface area contributed by atoms with E-state index in [4.69, 9.17) is 4.74 Å². The number of carbonyl (C=O) groups excluding carboxylic acids is 1. The van der Waals surface area contributed by atoms with Crippen LogP contribution in [0, 0.1) is 0 Å². The number of fused-ring (bicyclic) bond motifs is 1. The number of aromatic amines is 1. The fourth-order valence-electron chi connectivity index (χ4n) is 3.26. The number of anilines is 2. The number of hydrogen-bond donors (Lipinski definition) is 2. The van der Waals surface area contributed by atoms with Crippen LogP contribution in [0.25, 0.3) is 11.0 Å². The van der Waals surface area contributed by atoms with Crippen LogP contribution in [0.4, 0.5) is 16.0 Å². The van der Waals surface area contributed by atoms with Crippen LogP contribution >= 0.6 is 0 Å². The van der Waals surface area contributed by atoms with Crippen molar-refractivity contribution < 1.29 is 13.9 Å². The predicted molar refractivity (Wildman–Crippen MR) is 106 cm³/mol. The van der Waals surface area contributed by atoms with Crippen molar-refractivity contribution in [2.75, 3.05) is 18.4 Å². The third-order valence-electron chi connectivity index (χ3n) is 4.82. The summed E-state index contributed by atoms with van der Waals surface area (Å²) in [6.45, 7) is 6.69. The Morgan fingerprint density at radius 1 is 1.52 bits per heavy atom. The molecule has 0 aliphatic carbocycles. The van der Waals surface area contributed by atoms with E-state index < -0.39 is 12.3 Å². The Kier molecular flexibility index (Phi) is 5.15. The number of halogens is 1. The monoisotopic (exact) mass is 399 g/mol. The quantitative estimate of drug-likeness (QED) is 0.618. The van der Waals surface area contributed by atoms with Gasteiger partial charge in [0.05, 0.1) is 23.8 Å². The molecule has 29 heavy (non-hydrogen) atoms. The zero-order valence-corrected chi connectivity index (χ0v) is 16.0. The van der Waals surface area contributed by atoms with E-state index in [1.165, 1.54) is 11.0 Å². The van der Waals surface area contributed by atoms with E-state index >= 15 is 0 Å². The molecule has 2 N–H and O–H groups in total. The molecule has 152 valence electrons. The van der Waals surface area contributed by atoms with Gasteiger partial charge in [-0.05, 0) is 25.5 Å². The first-order valence-electron chi connectivity index (χ1n) is 9.44. The number of likely N-dealkylation sites (tertiary alicyclic amines) is 1. The first-order valence-corrected chi connectivity index (χ1v) is 9.44. The number of hydrogen-bond acceptors (Lipinski definition) is 6. The average Bonchev–Trinajstić information content (AvgIpc) is 3.38. The number of nitrogens with zero attached hydrogens (tertiary/aromatic N) is 5. The molecule has 1 fully saturated rings. The highest BCUT2D eigenvalue weighted by atomic mass is 19.1. The number of rotatable bonds is 6. The van der Waals surface area contributed by atoms with Crippen molar-refractivity contribution in [2.45, 2.75) is 32.2 Å². The number of carbonyl (C=O) groups is 1. The zero-order valence-electron chi connectivity index (χ0n) is 16.0. The highest BCUT2D eigenvalue weighted by Crippen LogP contribution is 2.28. The van der Waals surface area contributed by atoms with E-state index in [0.29, 0.717) is 23.5 Å². The number of nitrogens with one attached hydrogen (secondary N) is 2. The number of alkyl halides is 1. The predicted octanol–water partition coefficient (Wildman–Crippen LogP) is 2.42. The smallest absolute Gasteiger partial charge is 0.246 e. The van der Waals surface area contributed by atoms with Gasteiger partial charge in [-0.15, -0.1) is 0 Å². The molecule has 0 bridgehead atoms. The van der Waals surface area contributed by atoms with Gasteiger partial charge in [0, 0.05) is 25.5 Å². The Hall–Kier alpha value is -3.43. The molecule has 1 amide bonds. The van der Waals surface area contributed by atoms with Crippen LogP contribution < -0.4 is 10.1 Å². The molecule has 0 radical (unpaired) electrons. The van der Waals surface area contributed by atoms with Gasteiger partial charge in [-0.25, -0.2) is 4.39 Å². The summed E-state index contributed by atoms with van der Waals surface area (Å²) >= 11 is 0. The molecule has 1 aliphatic rings. The molecule has 0 aromatic carbocycles. The van der Waals surface area contributed by atoms with Crippen molar-refractivity contribution in [1.82, 2.24) is 29.6 Å². The van der Waals surface area contributed by atoms with Crippen LogP contribution in [0.1, 0.15) is 13.3 Å². The molecule has 3 aromatic rings. The van der Waals surface area contributed by atoms with E-state index in [-0.39, 0.29) is 24.8 Å². The fourth-order valence-corrected chi connectivity index (χ4v) is 3.26. The van der Waals surface area contributed by atoms with Crippen molar-refractivity contribution >= 4 is 28.6 Å². The molecule has 0 saturated carbocycles. The van der Waals surface area contributed by atoms with Crippen molar-refractivity contribution in [3.05, 3.63) is 37.3 Å². The Labute approximate surface area is 166 Å². The Morgan fingerprint density at radius 3 is 3.14 bits per heavy atom. The molecule has 4 rings (SSSR count). The van der Waals surface area contributed by atoms with E-state index in [2.05, 4.69) is 31.9 Å². The molecular weight excluding hydrogens is 377 g/mol. The molecule has 0 spiro atoms. The maximum atomic E-state index is 14.5. The summed E-state index contributed by atoms with van der Waals surface area (Å²) in [5, 5.41) is 7.93. The van der Waals surface area contributed by atoms with Gasteiger partial charge in [0.25, 0.3) is 0 Å². The normalized spacial score (nSPS) is 19.3. The minimum Gasteiger partial charge on any atom is -0.469 e. The minimum atomic E-state index is -1.20. The van der Waals surface area contributed by atoms with Crippen LogP contribution in [0.3, 0.4) is 0 Å². The van der Waals surface area contributed by atoms with E-state index in [1.807, 2.05) is 13.1 Å². The topological polar surface area (TPSA) is 101 Å². The highest BCUT2D eigenvalue weighted by Gasteiger charge is 2.33. The van der Waals surface area contributed by atoms with Gasteiger partial charge < -0.3 is 19.9 Å². The molecule has 2 atom stereocenters. The lowest BCUT2D eigenvalue weighted by atomic mass is 10.1. The lowest BCUT2D eigenvalue weighted by molar-refractivity contribution is -0.130. The largest absolute Gasteiger partial charge is 0.469 e. The maximum absolute atomic E-state index is 14.5. The van der Waals surface area contributed by atoms with Crippen molar-refractivity contribution in [3.63, 3.8) is 0 Å². The summed E-state index contributed by atoms with van der Waals surface area (Å²) in [5.74, 6) is 0.313. The summed E-state index contributed by atoms with van der Waals surface area (Å²) in [6.07, 6.45) is 4.62. The number of H-pyrrole nitrogens is 1. The van der Waals surface area contributed by atoms with Crippen molar-refractivity contribution in [1.29, 1.82) is 0 Å². The molecule has 9 nitrogen and oxygen atoms in total. The Balaban J connectivity index is 1.59. The number of ether oxygens (including phenoxy) is 1. The lowest BCUT2D eigenvalue weighted by Crippen LogP contribution is -2.49. The highest BCUT2D eigenvalue weighted by molar-refractivity contribution is 5.87. The second-order valence-electron chi connectivity index (χ2n) is 6.75. The number of piperidine rings is 1. The van der Waals surface area contributed by atoms with Gasteiger partial charge in [0.1, 0.15) is 17.9 Å². The summed E-state index contributed by atoms with van der Waals surface area (Å²) in [5.41, 5.74) is 1.29. The third-order valence-corrected chi connectivity index (χ3v) is 4.82. The number of aryl methyl sites for hydroxylation is 1. The fraction of sp³-hybridized carbons (Fsp3) is 0.368. The zero-order chi connectivity index (χ0) is 20.4. The Morgan fingerprint density at radius 2 is 2.38 bits per heavy atom. The molecular formula is C19H22FN7O2. The van der Waals surface area contributed by atoms with Crippen molar-refractivity contribution in [3.8, 4) is 5.88 Å². The molecule has 0 unspecified atom stereocenters. The standard InChI is InChI=1S/C19H22FN7O2/c1-3-16(28)26-8-6-14(20)15(11-26)29-18-13-5-7-21-17(13)24-19(25-18)23-12-9-22-27(4-2)10-12/h3,5,7,9-10,14-15H,1,4,6,8,11H2,2H3,(H2,21,23,24,25)/t14-,15+/m0/s1. The van der Waals surface area contributed by atoms with Gasteiger partial charge in [-0.3, -0.25) is 9.48 Å². The summed E-state index contributed by atoms with van der Waals surface area (Å²) < 4.78 is 22.2. The molecule has 3 aromatic heterocycles. The van der Waals surface area contributed by atoms with E-state index in [0.717, 1.165) is 12.2 Å². The first kappa shape index (κ1) is 18.9. The molecule has 10 heteroatoms. The van der Waals surface area contributed by atoms with Gasteiger partial charge in [0.15, 0.2) is 0 Å². The van der Waals surface area contributed by atoms with Crippen LogP contribution in [0.5, 0.6) is 5.88 Å². The second kappa shape index (κ2) is 7.90. The Bertz CT molecular complexity index is 1030. The van der Waals surface area contributed by atoms with Gasteiger partial charge >= 0.3 is 0 Å². The SMILES string of the molecule is C=CC(=O)N1CC[C@H](F)[C@H](Oc2nc(Nc3cnn(CC)c3)nc3[nH]ccc23)C1. The second-order valence-corrected chi connectivity index (χ2v) is 6.75. The van der Waals surface area contributed by atoms with E-state index in [1.54, 1.807) is 23.1 Å². The lowest BCUT2D eigenvalue weighted by Gasteiger charge is -2.34. The van der Waals surface area contributed by atoms with Crippen LogP contribution in [0.15, 0.2) is 37.3 Å². The van der Waals surface area contributed by atoms with Gasteiger partial charge in [-0.2, -0.15) is 15.1 Å². The summed E-state index contributed by atoms with van der Waals surface area (Å²) in [7, 11) is 0. The number of aromatic nitrogens is 5. The first-order chi connectivity index (χ1) is 14.1. The summed E-state index contributed by atoms with van der Waals surface area (Å²) in [4.78, 5) is 25.3. The molecule has 1 aliphatic heterocycles. The third kappa shape index (κ3) is 3.91. The van der Waals surface area contributed by atoms with Crippen LogP contribution in [-0.4, -0.2) is 60.9 Å². The van der Waals surface area contributed by atoms with Gasteiger partial charge in [0.2, 0.25) is 17.7 Å². The van der Waals surface area contributed by atoms with Crippen molar-refractivity contribution in [2.24, 2.45) is 0 Å². The average molecular weight is 399 g/mol. The molecule has 1 saturated heterocycles. The molecule has 4 heterocycles. The van der Waals surface area contributed by atoms with E-state index in [9.17, 15) is 9.18 Å². The minimum absolute atomic E-state index is 0.133. The van der Waals surface area contributed by atoms with Crippen LogP contribution in [-0.2, 0) is 11.3 Å². The summed E-state index contributed by atoms with van der Waals surface area (Å²) in [6, 6.07) is 1.77.